The van der Waals surface area contributed by atoms with Crippen LogP contribution in [0, 0.1) is 0 Å². The zero-order chi connectivity index (χ0) is 13.4. The number of rotatable bonds is 6. The summed E-state index contributed by atoms with van der Waals surface area (Å²) < 4.78 is 0. The average molecular weight is 250 g/mol. The first-order chi connectivity index (χ1) is 8.65. The summed E-state index contributed by atoms with van der Waals surface area (Å²) in [4.78, 5) is 33.9. The number of hydrogen-bond acceptors (Lipinski definition) is 3. The molecule has 6 heteroatoms. The van der Waals surface area contributed by atoms with Crippen molar-refractivity contribution in [2.75, 3.05) is 18.0 Å². The number of nitrogens with zero attached hydrogens (tertiary/aromatic N) is 1. The molecule has 0 bridgehead atoms. The highest BCUT2D eigenvalue weighted by molar-refractivity contribution is 5.94. The summed E-state index contributed by atoms with van der Waals surface area (Å²) in [5.74, 6) is -0.989. The van der Waals surface area contributed by atoms with Crippen LogP contribution in [0.3, 0.4) is 0 Å². The molecule has 1 aromatic rings. The predicted octanol–water partition coefficient (Wildman–Crippen LogP) is 0.876. The van der Waals surface area contributed by atoms with Crippen LogP contribution >= 0.6 is 0 Å². The summed E-state index contributed by atoms with van der Waals surface area (Å²) in [6.45, 7) is -0.0563. The Balaban J connectivity index is 2.64. The van der Waals surface area contributed by atoms with Gasteiger partial charge in [0.15, 0.2) is 0 Å². The molecule has 0 saturated carbocycles. The zero-order valence-corrected chi connectivity index (χ0v) is 9.70. The van der Waals surface area contributed by atoms with Gasteiger partial charge in [0.25, 0.3) is 0 Å². The number of urea groups is 1. The summed E-state index contributed by atoms with van der Waals surface area (Å²) in [6, 6.07) is 8.19. The van der Waals surface area contributed by atoms with Crippen LogP contribution in [0.4, 0.5) is 10.5 Å². The van der Waals surface area contributed by atoms with E-state index in [9.17, 15) is 14.4 Å². The van der Waals surface area contributed by atoms with Crippen molar-refractivity contribution in [1.29, 1.82) is 0 Å². The molecule has 0 spiro atoms. The first-order valence-corrected chi connectivity index (χ1v) is 5.41. The van der Waals surface area contributed by atoms with Crippen molar-refractivity contribution in [1.82, 2.24) is 5.32 Å². The minimum absolute atomic E-state index is 0.0242. The van der Waals surface area contributed by atoms with Crippen LogP contribution in [0.1, 0.15) is 6.42 Å². The maximum absolute atomic E-state index is 11.8. The van der Waals surface area contributed by atoms with Gasteiger partial charge in [-0.25, -0.2) is 4.79 Å². The van der Waals surface area contributed by atoms with Gasteiger partial charge in [-0.05, 0) is 12.1 Å². The monoisotopic (exact) mass is 250 g/mol. The number of carboxylic acid groups (broad SMARTS) is 1. The van der Waals surface area contributed by atoms with Crippen molar-refractivity contribution >= 4 is 24.0 Å². The van der Waals surface area contributed by atoms with Crippen LogP contribution in [0.25, 0.3) is 0 Å². The van der Waals surface area contributed by atoms with E-state index in [1.165, 1.54) is 4.90 Å². The van der Waals surface area contributed by atoms with Gasteiger partial charge in [0.05, 0.1) is 13.0 Å². The molecule has 0 radical (unpaired) electrons. The Morgan fingerprint density at radius 3 is 2.50 bits per heavy atom. The van der Waals surface area contributed by atoms with Crippen molar-refractivity contribution in [2.24, 2.45) is 0 Å². The Bertz CT molecular complexity index is 419. The molecule has 1 rings (SSSR count). The van der Waals surface area contributed by atoms with Crippen LogP contribution in [0.5, 0.6) is 0 Å². The van der Waals surface area contributed by atoms with Gasteiger partial charge in [0.1, 0.15) is 6.29 Å². The van der Waals surface area contributed by atoms with E-state index in [1.54, 1.807) is 30.3 Å². The Labute approximate surface area is 104 Å². The van der Waals surface area contributed by atoms with Crippen LogP contribution in [-0.4, -0.2) is 36.5 Å². The lowest BCUT2D eigenvalue weighted by atomic mass is 10.3. The standard InChI is InChI=1S/C12H14N2O4/c15-9-8-14(10-4-2-1-3-5-10)12(18)13-7-6-11(16)17/h1-5,9H,6-8H2,(H,13,18)(H,16,17). The van der Waals surface area contributed by atoms with Gasteiger partial charge in [-0.1, -0.05) is 18.2 Å². The summed E-state index contributed by atoms with van der Waals surface area (Å²) in [6.07, 6.45) is 0.458. The second-order valence-corrected chi connectivity index (χ2v) is 3.49. The van der Waals surface area contributed by atoms with E-state index < -0.39 is 12.0 Å². The van der Waals surface area contributed by atoms with Crippen LogP contribution in [0.15, 0.2) is 30.3 Å². The quantitative estimate of drug-likeness (QED) is 0.733. The molecule has 0 heterocycles. The molecule has 0 fully saturated rings. The molecule has 96 valence electrons. The van der Waals surface area contributed by atoms with E-state index in [0.717, 1.165) is 0 Å². The zero-order valence-electron chi connectivity index (χ0n) is 9.70. The molecule has 0 saturated heterocycles. The van der Waals surface area contributed by atoms with E-state index in [4.69, 9.17) is 5.11 Å². The maximum atomic E-state index is 11.8. The summed E-state index contributed by atoms with van der Waals surface area (Å²) in [5, 5.41) is 10.9. The predicted molar refractivity (Wildman–Crippen MR) is 65.5 cm³/mol. The first kappa shape index (κ1) is 13.7. The van der Waals surface area contributed by atoms with Crippen molar-refractivity contribution in [3.8, 4) is 0 Å². The number of para-hydroxylation sites is 1. The van der Waals surface area contributed by atoms with Gasteiger partial charge in [-0.3, -0.25) is 9.69 Å². The largest absolute Gasteiger partial charge is 0.481 e. The topological polar surface area (TPSA) is 86.7 Å². The molecule has 0 aromatic heterocycles. The molecule has 2 N–H and O–H groups in total. The van der Waals surface area contributed by atoms with Gasteiger partial charge in [0, 0.05) is 12.2 Å². The molecule has 0 aliphatic carbocycles. The molecule has 0 unspecified atom stereocenters. The smallest absolute Gasteiger partial charge is 0.322 e. The third kappa shape index (κ3) is 4.25. The van der Waals surface area contributed by atoms with Gasteiger partial charge < -0.3 is 15.2 Å². The number of aliphatic carboxylic acids is 1. The Morgan fingerprint density at radius 2 is 1.94 bits per heavy atom. The molecule has 2 amide bonds. The second-order valence-electron chi connectivity index (χ2n) is 3.49. The number of amides is 2. The highest BCUT2D eigenvalue weighted by atomic mass is 16.4. The van der Waals surface area contributed by atoms with Gasteiger partial charge in [0.2, 0.25) is 0 Å². The first-order valence-electron chi connectivity index (χ1n) is 5.41. The lowest BCUT2D eigenvalue weighted by Crippen LogP contribution is -2.41. The van der Waals surface area contributed by atoms with Gasteiger partial charge in [-0.15, -0.1) is 0 Å². The summed E-state index contributed by atoms with van der Waals surface area (Å²) in [7, 11) is 0. The number of nitrogens with one attached hydrogen (secondary N) is 1. The fraction of sp³-hybridized carbons (Fsp3) is 0.250. The molecule has 6 nitrogen and oxygen atoms in total. The van der Waals surface area contributed by atoms with E-state index in [2.05, 4.69) is 5.32 Å². The lowest BCUT2D eigenvalue weighted by molar-refractivity contribution is -0.136. The Hall–Kier alpha value is -2.37. The Morgan fingerprint density at radius 1 is 1.28 bits per heavy atom. The summed E-state index contributed by atoms with van der Waals surface area (Å²) >= 11 is 0. The highest BCUT2D eigenvalue weighted by Gasteiger charge is 2.14. The third-order valence-electron chi connectivity index (χ3n) is 2.19. The van der Waals surface area contributed by atoms with Gasteiger partial charge >= 0.3 is 12.0 Å². The van der Waals surface area contributed by atoms with Crippen LogP contribution in [0.2, 0.25) is 0 Å². The SMILES string of the molecule is O=CCN(C(=O)NCCC(=O)O)c1ccccc1. The third-order valence-corrected chi connectivity index (χ3v) is 2.19. The molecule has 18 heavy (non-hydrogen) atoms. The number of carboxylic acids is 1. The van der Waals surface area contributed by atoms with Crippen LogP contribution in [-0.2, 0) is 9.59 Å². The number of anilines is 1. The normalized spacial score (nSPS) is 9.56. The number of hydrogen-bond donors (Lipinski definition) is 2. The van der Waals surface area contributed by atoms with E-state index in [0.29, 0.717) is 12.0 Å². The number of aldehydes is 1. The summed E-state index contributed by atoms with van der Waals surface area (Å²) in [5.41, 5.74) is 0.581. The van der Waals surface area contributed by atoms with E-state index in [1.807, 2.05) is 0 Å². The van der Waals surface area contributed by atoms with Crippen molar-refractivity contribution in [3.63, 3.8) is 0 Å². The van der Waals surface area contributed by atoms with Crippen molar-refractivity contribution in [2.45, 2.75) is 6.42 Å². The molecule has 0 atom stereocenters. The fourth-order valence-corrected chi connectivity index (χ4v) is 1.36. The highest BCUT2D eigenvalue weighted by Crippen LogP contribution is 2.12. The van der Waals surface area contributed by atoms with E-state index >= 15 is 0 Å². The van der Waals surface area contributed by atoms with Crippen molar-refractivity contribution < 1.29 is 19.5 Å². The lowest BCUT2D eigenvalue weighted by Gasteiger charge is -2.20. The minimum atomic E-state index is -0.989. The second kappa shape index (κ2) is 7.05. The van der Waals surface area contributed by atoms with Crippen LogP contribution < -0.4 is 10.2 Å². The Kier molecular flexibility index (Phi) is 5.37. The van der Waals surface area contributed by atoms with Gasteiger partial charge in [-0.2, -0.15) is 0 Å². The maximum Gasteiger partial charge on any atom is 0.322 e. The molecular weight excluding hydrogens is 236 g/mol. The number of carbonyl (C=O) groups excluding carboxylic acids is 2. The van der Waals surface area contributed by atoms with Crippen molar-refractivity contribution in [3.05, 3.63) is 30.3 Å². The average Bonchev–Trinajstić information content (AvgIpc) is 2.36. The molecule has 1 aromatic carbocycles. The molecule has 0 aliphatic rings. The minimum Gasteiger partial charge on any atom is -0.481 e. The molecular formula is C12H14N2O4. The number of carbonyl (C=O) groups is 3. The fourth-order valence-electron chi connectivity index (χ4n) is 1.36. The number of benzene rings is 1. The van der Waals surface area contributed by atoms with E-state index in [-0.39, 0.29) is 19.5 Å². The molecule has 0 aliphatic heterocycles.